The maximum absolute atomic E-state index is 8.86. The van der Waals surface area contributed by atoms with E-state index < -0.39 is 0 Å². The first-order valence-corrected chi connectivity index (χ1v) is 5.32. The van der Waals surface area contributed by atoms with E-state index in [1.54, 1.807) is 0 Å². The Morgan fingerprint density at radius 3 is 2.46 bits per heavy atom. The van der Waals surface area contributed by atoms with Crippen molar-refractivity contribution in [2.45, 2.75) is 38.1 Å². The highest BCUT2D eigenvalue weighted by molar-refractivity contribution is 4.89. The van der Waals surface area contributed by atoms with E-state index in [2.05, 4.69) is 11.8 Å². The zero-order valence-corrected chi connectivity index (χ0v) is 8.63. The van der Waals surface area contributed by atoms with Gasteiger partial charge in [0, 0.05) is 12.1 Å². The van der Waals surface area contributed by atoms with E-state index in [1.807, 2.05) is 0 Å². The van der Waals surface area contributed by atoms with Crippen LogP contribution in [-0.4, -0.2) is 41.8 Å². The molecule has 0 aliphatic carbocycles. The first kappa shape index (κ1) is 11.0. The molecule has 0 aromatic carbocycles. The van der Waals surface area contributed by atoms with Crippen molar-refractivity contribution < 1.29 is 5.11 Å². The molecule has 1 fully saturated rings. The lowest BCUT2D eigenvalue weighted by Crippen LogP contribution is -2.50. The number of piperidine rings is 1. The number of aliphatic hydroxyl groups excluding tert-OH is 1. The second-order valence-electron chi connectivity index (χ2n) is 4.18. The molecule has 13 heavy (non-hydrogen) atoms. The third-order valence-electron chi connectivity index (χ3n) is 3.00. The first-order chi connectivity index (χ1) is 6.20. The average molecular weight is 186 g/mol. The monoisotopic (exact) mass is 186 g/mol. The van der Waals surface area contributed by atoms with Gasteiger partial charge in [0.2, 0.25) is 0 Å². The Balaban J connectivity index is 2.28. The molecule has 0 aromatic heterocycles. The van der Waals surface area contributed by atoms with E-state index in [1.165, 1.54) is 13.0 Å². The summed E-state index contributed by atoms with van der Waals surface area (Å²) in [5, 5.41) is 8.86. The second-order valence-corrected chi connectivity index (χ2v) is 4.18. The predicted octanol–water partition coefficient (Wildman–Crippen LogP) is 0.572. The van der Waals surface area contributed by atoms with Crippen molar-refractivity contribution >= 4 is 0 Å². The third-order valence-corrected chi connectivity index (χ3v) is 3.00. The predicted molar refractivity (Wildman–Crippen MR) is 54.6 cm³/mol. The number of likely N-dealkylation sites (tertiary alicyclic amines) is 1. The van der Waals surface area contributed by atoms with Crippen molar-refractivity contribution in [3.05, 3.63) is 0 Å². The van der Waals surface area contributed by atoms with Crippen LogP contribution in [0.1, 0.15) is 32.6 Å². The molecule has 3 heteroatoms. The van der Waals surface area contributed by atoms with Gasteiger partial charge in [0.05, 0.1) is 0 Å². The molecule has 0 amide bonds. The van der Waals surface area contributed by atoms with Crippen LogP contribution >= 0.6 is 0 Å². The molecule has 1 aliphatic rings. The Kier molecular flexibility index (Phi) is 4.16. The lowest BCUT2D eigenvalue weighted by molar-refractivity contribution is 0.135. The van der Waals surface area contributed by atoms with E-state index in [-0.39, 0.29) is 12.1 Å². The molecule has 0 atom stereocenters. The lowest BCUT2D eigenvalue weighted by atomic mass is 9.86. The number of hydrogen-bond acceptors (Lipinski definition) is 3. The molecule has 1 rings (SSSR count). The van der Waals surface area contributed by atoms with Gasteiger partial charge in [0.15, 0.2) is 0 Å². The molecule has 3 N–H and O–H groups in total. The molecule has 78 valence electrons. The third kappa shape index (κ3) is 3.25. The largest absolute Gasteiger partial charge is 0.396 e. The number of hydrogen-bond donors (Lipinski definition) is 2. The van der Waals surface area contributed by atoms with Crippen molar-refractivity contribution in [3.63, 3.8) is 0 Å². The minimum absolute atomic E-state index is 0.0843. The van der Waals surface area contributed by atoms with Crippen LogP contribution in [0, 0.1) is 0 Å². The number of nitrogens with zero attached hydrogens (tertiary/aromatic N) is 1. The standard InChI is InChI=1S/C10H22N2O/c1-2-6-12-7-3-10(11,4-8-12)5-9-13/h13H,2-9,11H2,1H3. The lowest BCUT2D eigenvalue weighted by Gasteiger charge is -2.38. The molecule has 0 saturated carbocycles. The van der Waals surface area contributed by atoms with E-state index >= 15 is 0 Å². The van der Waals surface area contributed by atoms with Crippen LogP contribution in [0.3, 0.4) is 0 Å². The summed E-state index contributed by atoms with van der Waals surface area (Å²) in [6.07, 6.45) is 4.05. The summed E-state index contributed by atoms with van der Waals surface area (Å²) in [7, 11) is 0. The van der Waals surface area contributed by atoms with Gasteiger partial charge in [-0.2, -0.15) is 0 Å². The minimum Gasteiger partial charge on any atom is -0.396 e. The summed E-state index contributed by atoms with van der Waals surface area (Å²) in [5.74, 6) is 0. The minimum atomic E-state index is -0.0843. The summed E-state index contributed by atoms with van der Waals surface area (Å²) >= 11 is 0. The molecular weight excluding hydrogens is 164 g/mol. The zero-order chi connectivity index (χ0) is 9.73. The summed E-state index contributed by atoms with van der Waals surface area (Å²) in [6.45, 7) is 5.83. The van der Waals surface area contributed by atoms with Crippen LogP contribution in [0.2, 0.25) is 0 Å². The van der Waals surface area contributed by atoms with E-state index in [9.17, 15) is 0 Å². The van der Waals surface area contributed by atoms with Gasteiger partial charge in [0.1, 0.15) is 0 Å². The van der Waals surface area contributed by atoms with E-state index in [4.69, 9.17) is 10.8 Å². The number of rotatable bonds is 4. The maximum Gasteiger partial charge on any atom is 0.0448 e. The summed E-state index contributed by atoms with van der Waals surface area (Å²) in [5.41, 5.74) is 6.06. The van der Waals surface area contributed by atoms with Crippen LogP contribution < -0.4 is 5.73 Å². The Bertz CT molecular complexity index is 142. The van der Waals surface area contributed by atoms with Crippen LogP contribution in [-0.2, 0) is 0 Å². The second kappa shape index (κ2) is 4.94. The van der Waals surface area contributed by atoms with Gasteiger partial charge in [-0.1, -0.05) is 6.92 Å². The summed E-state index contributed by atoms with van der Waals surface area (Å²) < 4.78 is 0. The smallest absolute Gasteiger partial charge is 0.0448 e. The fraction of sp³-hybridized carbons (Fsp3) is 1.00. The molecule has 0 spiro atoms. The van der Waals surface area contributed by atoms with E-state index in [0.29, 0.717) is 0 Å². The fourth-order valence-electron chi connectivity index (χ4n) is 2.01. The van der Waals surface area contributed by atoms with Crippen molar-refractivity contribution in [1.29, 1.82) is 0 Å². The topological polar surface area (TPSA) is 49.5 Å². The van der Waals surface area contributed by atoms with Crippen molar-refractivity contribution in [2.24, 2.45) is 5.73 Å². The molecule has 0 bridgehead atoms. The molecule has 0 aromatic rings. The molecule has 1 aliphatic heterocycles. The number of aliphatic hydroxyl groups is 1. The normalized spacial score (nSPS) is 23.3. The fourth-order valence-corrected chi connectivity index (χ4v) is 2.01. The van der Waals surface area contributed by atoms with Crippen molar-refractivity contribution in [1.82, 2.24) is 4.90 Å². The molecule has 0 radical (unpaired) electrons. The van der Waals surface area contributed by atoms with Gasteiger partial charge in [0.25, 0.3) is 0 Å². The first-order valence-electron chi connectivity index (χ1n) is 5.32. The Hall–Kier alpha value is -0.120. The Morgan fingerprint density at radius 1 is 1.38 bits per heavy atom. The highest BCUT2D eigenvalue weighted by Gasteiger charge is 2.29. The summed E-state index contributed by atoms with van der Waals surface area (Å²) in [6, 6.07) is 0. The van der Waals surface area contributed by atoms with Crippen LogP contribution in [0.5, 0.6) is 0 Å². The Morgan fingerprint density at radius 2 is 2.00 bits per heavy atom. The quantitative estimate of drug-likeness (QED) is 0.675. The molecule has 0 unspecified atom stereocenters. The maximum atomic E-state index is 8.86. The zero-order valence-electron chi connectivity index (χ0n) is 8.63. The highest BCUT2D eigenvalue weighted by Crippen LogP contribution is 2.22. The van der Waals surface area contributed by atoms with Gasteiger partial charge >= 0.3 is 0 Å². The van der Waals surface area contributed by atoms with Gasteiger partial charge in [-0.25, -0.2) is 0 Å². The van der Waals surface area contributed by atoms with E-state index in [0.717, 1.165) is 32.4 Å². The Labute approximate surface area is 80.9 Å². The molecule has 1 heterocycles. The van der Waals surface area contributed by atoms with Gasteiger partial charge in [-0.3, -0.25) is 0 Å². The molecular formula is C10H22N2O. The molecule has 3 nitrogen and oxygen atoms in total. The van der Waals surface area contributed by atoms with Crippen molar-refractivity contribution in [2.75, 3.05) is 26.2 Å². The molecule has 1 saturated heterocycles. The van der Waals surface area contributed by atoms with Gasteiger partial charge in [-0.15, -0.1) is 0 Å². The SMILES string of the molecule is CCCN1CCC(N)(CCO)CC1. The van der Waals surface area contributed by atoms with Crippen LogP contribution in [0.15, 0.2) is 0 Å². The number of nitrogens with two attached hydrogens (primary N) is 1. The van der Waals surface area contributed by atoms with Crippen LogP contribution in [0.25, 0.3) is 0 Å². The summed E-state index contributed by atoms with van der Waals surface area (Å²) in [4.78, 5) is 2.46. The van der Waals surface area contributed by atoms with Crippen molar-refractivity contribution in [3.8, 4) is 0 Å². The van der Waals surface area contributed by atoms with Gasteiger partial charge < -0.3 is 15.7 Å². The van der Waals surface area contributed by atoms with Gasteiger partial charge in [-0.05, 0) is 45.3 Å². The average Bonchev–Trinajstić information content (AvgIpc) is 2.10. The van der Waals surface area contributed by atoms with Crippen LogP contribution in [0.4, 0.5) is 0 Å². The highest BCUT2D eigenvalue weighted by atomic mass is 16.3.